The van der Waals surface area contributed by atoms with E-state index in [4.69, 9.17) is 0 Å². The van der Waals surface area contributed by atoms with Crippen molar-refractivity contribution in [2.24, 2.45) is 5.92 Å². The van der Waals surface area contributed by atoms with Crippen LogP contribution >= 0.6 is 0 Å². The average Bonchev–Trinajstić information content (AvgIpc) is 2.35. The number of allylic oxidation sites excluding steroid dienone is 6. The zero-order valence-corrected chi connectivity index (χ0v) is 4.87. The molecular weight excluding hydrogens is 112 g/mol. The second-order valence-electron chi connectivity index (χ2n) is 2.26. The third-order valence-electron chi connectivity index (χ3n) is 1.70. The number of fused-ring (bicyclic) bond motifs is 1. The van der Waals surface area contributed by atoms with Crippen LogP contribution in [0, 0.1) is 5.92 Å². The van der Waals surface area contributed by atoms with Gasteiger partial charge in [-0.2, -0.15) is 0 Å². The fourth-order valence-corrected chi connectivity index (χ4v) is 1.19. The van der Waals surface area contributed by atoms with E-state index < -0.39 is 0 Å². The van der Waals surface area contributed by atoms with Crippen LogP contribution in [0.5, 0.6) is 0 Å². The Hall–Kier alpha value is -1.11. The summed E-state index contributed by atoms with van der Waals surface area (Å²) in [5.74, 6) is 0.292. The monoisotopic (exact) mass is 118 g/mol. The molecule has 0 saturated carbocycles. The number of rotatable bonds is 0. The van der Waals surface area contributed by atoms with Gasteiger partial charge in [-0.3, -0.25) is 4.79 Å². The van der Waals surface area contributed by atoms with Gasteiger partial charge in [0.15, 0.2) is 5.78 Å². The van der Waals surface area contributed by atoms with Crippen LogP contribution in [-0.4, -0.2) is 5.78 Å². The summed E-state index contributed by atoms with van der Waals surface area (Å²) in [6.45, 7) is 0. The maximum absolute atomic E-state index is 10.9. The molecule has 0 aromatic heterocycles. The molecular formula is C8H6O. The van der Waals surface area contributed by atoms with Crippen LogP contribution in [-0.2, 0) is 4.79 Å². The molecule has 1 heteroatoms. The molecule has 1 atom stereocenters. The Balaban J connectivity index is 2.47. The molecule has 0 N–H and O–H groups in total. The zero-order chi connectivity index (χ0) is 6.27. The van der Waals surface area contributed by atoms with E-state index in [9.17, 15) is 4.79 Å². The topological polar surface area (TPSA) is 17.1 Å². The second kappa shape index (κ2) is 1.44. The van der Waals surface area contributed by atoms with E-state index in [0.29, 0.717) is 0 Å². The molecule has 44 valence electrons. The highest BCUT2D eigenvalue weighted by Crippen LogP contribution is 2.26. The Bertz CT molecular complexity index is 243. The lowest BCUT2D eigenvalue weighted by Crippen LogP contribution is -2.01. The standard InChI is InChI=1S/C8H6O/c9-8-5-4-6-2-1-3-7(6)8/h1-5,7H. The number of ketones is 1. The average molecular weight is 118 g/mol. The van der Waals surface area contributed by atoms with Crippen LogP contribution in [0.1, 0.15) is 0 Å². The molecule has 0 bridgehead atoms. The highest BCUT2D eigenvalue weighted by Gasteiger charge is 2.23. The Morgan fingerprint density at radius 1 is 1.33 bits per heavy atom. The fraction of sp³-hybridized carbons (Fsp3) is 0.125. The highest BCUT2D eigenvalue weighted by atomic mass is 16.1. The third-order valence-corrected chi connectivity index (χ3v) is 1.70. The first-order chi connectivity index (χ1) is 4.38. The van der Waals surface area contributed by atoms with Crippen LogP contribution < -0.4 is 0 Å². The molecule has 2 aliphatic carbocycles. The van der Waals surface area contributed by atoms with Gasteiger partial charge in [-0.15, -0.1) is 0 Å². The normalized spacial score (nSPS) is 29.1. The molecule has 0 aliphatic heterocycles. The summed E-state index contributed by atoms with van der Waals surface area (Å²) >= 11 is 0. The predicted octanol–water partition coefficient (Wildman–Crippen LogP) is 1.24. The summed E-state index contributed by atoms with van der Waals surface area (Å²) in [5, 5.41) is 0. The first kappa shape index (κ1) is 4.74. The van der Waals surface area contributed by atoms with Crippen LogP contribution in [0.15, 0.2) is 36.0 Å². The summed E-state index contributed by atoms with van der Waals surface area (Å²) < 4.78 is 0. The summed E-state index contributed by atoms with van der Waals surface area (Å²) in [6.07, 6.45) is 9.36. The minimum absolute atomic E-state index is 0.0741. The highest BCUT2D eigenvalue weighted by molar-refractivity contribution is 6.00. The smallest absolute Gasteiger partial charge is 0.166 e. The van der Waals surface area contributed by atoms with Gasteiger partial charge in [0.2, 0.25) is 0 Å². The van der Waals surface area contributed by atoms with Gasteiger partial charge in [0, 0.05) is 0 Å². The summed E-state index contributed by atoms with van der Waals surface area (Å²) in [7, 11) is 0. The van der Waals surface area contributed by atoms with Crippen molar-refractivity contribution in [3.05, 3.63) is 36.0 Å². The van der Waals surface area contributed by atoms with Crippen molar-refractivity contribution in [1.82, 2.24) is 0 Å². The van der Waals surface area contributed by atoms with E-state index in [2.05, 4.69) is 0 Å². The molecule has 0 amide bonds. The summed E-state index contributed by atoms with van der Waals surface area (Å²) in [6, 6.07) is 0. The maximum atomic E-state index is 10.9. The lowest BCUT2D eigenvalue weighted by Gasteiger charge is -1.95. The van der Waals surface area contributed by atoms with E-state index in [-0.39, 0.29) is 11.7 Å². The van der Waals surface area contributed by atoms with Gasteiger partial charge in [0.25, 0.3) is 0 Å². The fourth-order valence-electron chi connectivity index (χ4n) is 1.19. The summed E-state index contributed by atoms with van der Waals surface area (Å²) in [4.78, 5) is 10.9. The molecule has 0 heterocycles. The van der Waals surface area contributed by atoms with Crippen molar-refractivity contribution in [3.8, 4) is 0 Å². The molecule has 0 aromatic rings. The zero-order valence-electron chi connectivity index (χ0n) is 4.87. The maximum Gasteiger partial charge on any atom is 0.166 e. The molecule has 0 fully saturated rings. The first-order valence-corrected chi connectivity index (χ1v) is 2.98. The largest absolute Gasteiger partial charge is 0.294 e. The molecule has 1 unspecified atom stereocenters. The third kappa shape index (κ3) is 0.515. The SMILES string of the molecule is O=C1C=CC2=CC=CC12. The Morgan fingerprint density at radius 2 is 2.22 bits per heavy atom. The van der Waals surface area contributed by atoms with Crippen LogP contribution in [0.4, 0.5) is 0 Å². The van der Waals surface area contributed by atoms with Gasteiger partial charge in [-0.1, -0.05) is 24.3 Å². The van der Waals surface area contributed by atoms with Crippen molar-refractivity contribution in [2.45, 2.75) is 0 Å². The lowest BCUT2D eigenvalue weighted by atomic mass is 10.1. The van der Waals surface area contributed by atoms with Crippen LogP contribution in [0.2, 0.25) is 0 Å². The van der Waals surface area contributed by atoms with Crippen molar-refractivity contribution in [2.75, 3.05) is 0 Å². The van der Waals surface area contributed by atoms with Crippen LogP contribution in [0.25, 0.3) is 0 Å². The van der Waals surface area contributed by atoms with Crippen molar-refractivity contribution in [3.63, 3.8) is 0 Å². The number of carbonyl (C=O) groups is 1. The molecule has 2 aliphatic rings. The van der Waals surface area contributed by atoms with Crippen molar-refractivity contribution in [1.29, 1.82) is 0 Å². The Kier molecular flexibility index (Phi) is 0.758. The molecule has 0 spiro atoms. The molecule has 9 heavy (non-hydrogen) atoms. The minimum atomic E-state index is 0.0741. The Labute approximate surface area is 53.4 Å². The lowest BCUT2D eigenvalue weighted by molar-refractivity contribution is -0.115. The molecule has 1 nitrogen and oxygen atoms in total. The number of hydrogen-bond acceptors (Lipinski definition) is 1. The van der Waals surface area contributed by atoms with Gasteiger partial charge < -0.3 is 0 Å². The molecule has 0 aromatic carbocycles. The van der Waals surface area contributed by atoms with Gasteiger partial charge >= 0.3 is 0 Å². The second-order valence-corrected chi connectivity index (χ2v) is 2.26. The minimum Gasteiger partial charge on any atom is -0.294 e. The molecule has 2 rings (SSSR count). The van der Waals surface area contributed by atoms with Gasteiger partial charge in [-0.25, -0.2) is 0 Å². The van der Waals surface area contributed by atoms with Gasteiger partial charge in [-0.05, 0) is 11.6 Å². The number of carbonyl (C=O) groups excluding carboxylic acids is 1. The quantitative estimate of drug-likeness (QED) is 0.467. The Morgan fingerprint density at radius 3 is 3.00 bits per heavy atom. The summed E-state index contributed by atoms with van der Waals surface area (Å²) in [5.41, 5.74) is 1.14. The molecule has 0 radical (unpaired) electrons. The first-order valence-electron chi connectivity index (χ1n) is 2.98. The van der Waals surface area contributed by atoms with E-state index in [1.54, 1.807) is 6.08 Å². The van der Waals surface area contributed by atoms with Gasteiger partial charge in [0.1, 0.15) is 0 Å². The van der Waals surface area contributed by atoms with E-state index in [0.717, 1.165) is 5.57 Å². The number of hydrogen-bond donors (Lipinski definition) is 0. The van der Waals surface area contributed by atoms with E-state index in [1.165, 1.54) is 0 Å². The van der Waals surface area contributed by atoms with Crippen LogP contribution in [0.3, 0.4) is 0 Å². The predicted molar refractivity (Wildman–Crippen MR) is 34.9 cm³/mol. The van der Waals surface area contributed by atoms with E-state index in [1.807, 2.05) is 24.3 Å². The molecule has 0 saturated heterocycles. The van der Waals surface area contributed by atoms with Crippen molar-refractivity contribution >= 4 is 5.78 Å². The van der Waals surface area contributed by atoms with Crippen molar-refractivity contribution < 1.29 is 4.79 Å². The van der Waals surface area contributed by atoms with Gasteiger partial charge in [0.05, 0.1) is 5.92 Å². The van der Waals surface area contributed by atoms with E-state index >= 15 is 0 Å².